The van der Waals surface area contributed by atoms with E-state index in [1.807, 2.05) is 12.1 Å². The van der Waals surface area contributed by atoms with Crippen molar-refractivity contribution < 1.29 is 4.74 Å². The molecule has 0 bridgehead atoms. The molecule has 1 atom stereocenters. The lowest BCUT2D eigenvalue weighted by Gasteiger charge is -2.13. The number of methoxy groups -OCH3 is 1. The molecular weight excluding hydrogens is 186 g/mol. The SMILES string of the molecule is COC(CN)c1ccc2ccccc2c1. The van der Waals surface area contributed by atoms with E-state index in [1.54, 1.807) is 7.11 Å². The number of hydrogen-bond donors (Lipinski definition) is 1. The molecule has 0 saturated heterocycles. The second-order valence-corrected chi connectivity index (χ2v) is 3.57. The highest BCUT2D eigenvalue weighted by Crippen LogP contribution is 2.21. The molecule has 2 heteroatoms. The van der Waals surface area contributed by atoms with Crippen molar-refractivity contribution in [1.29, 1.82) is 0 Å². The monoisotopic (exact) mass is 201 g/mol. The first kappa shape index (κ1) is 10.1. The fourth-order valence-corrected chi connectivity index (χ4v) is 1.78. The smallest absolute Gasteiger partial charge is 0.0943 e. The number of nitrogens with two attached hydrogens (primary N) is 1. The van der Waals surface area contributed by atoms with Crippen molar-refractivity contribution in [2.24, 2.45) is 5.73 Å². The van der Waals surface area contributed by atoms with E-state index < -0.39 is 0 Å². The minimum Gasteiger partial charge on any atom is -0.375 e. The maximum absolute atomic E-state index is 5.63. The van der Waals surface area contributed by atoms with Gasteiger partial charge in [0.15, 0.2) is 0 Å². The molecule has 2 N–H and O–H groups in total. The molecule has 2 aromatic rings. The van der Waals surface area contributed by atoms with E-state index in [2.05, 4.69) is 30.3 Å². The van der Waals surface area contributed by atoms with Crippen molar-refractivity contribution in [3.63, 3.8) is 0 Å². The Morgan fingerprint density at radius 1 is 1.13 bits per heavy atom. The zero-order valence-corrected chi connectivity index (χ0v) is 8.81. The van der Waals surface area contributed by atoms with Gasteiger partial charge in [0.2, 0.25) is 0 Å². The van der Waals surface area contributed by atoms with Crippen LogP contribution in [-0.2, 0) is 4.74 Å². The lowest BCUT2D eigenvalue weighted by Crippen LogP contribution is -2.13. The first-order valence-corrected chi connectivity index (χ1v) is 5.06. The van der Waals surface area contributed by atoms with E-state index in [0.29, 0.717) is 6.54 Å². The molecular formula is C13H15NO. The van der Waals surface area contributed by atoms with Crippen molar-refractivity contribution >= 4 is 10.8 Å². The van der Waals surface area contributed by atoms with Crippen molar-refractivity contribution in [2.45, 2.75) is 6.10 Å². The van der Waals surface area contributed by atoms with Crippen LogP contribution in [0.1, 0.15) is 11.7 Å². The highest BCUT2D eigenvalue weighted by molar-refractivity contribution is 5.83. The lowest BCUT2D eigenvalue weighted by molar-refractivity contribution is 0.110. The van der Waals surface area contributed by atoms with E-state index in [9.17, 15) is 0 Å². The van der Waals surface area contributed by atoms with E-state index in [0.717, 1.165) is 5.56 Å². The van der Waals surface area contributed by atoms with Crippen LogP contribution in [0.25, 0.3) is 10.8 Å². The van der Waals surface area contributed by atoms with E-state index >= 15 is 0 Å². The fraction of sp³-hybridized carbons (Fsp3) is 0.231. The maximum atomic E-state index is 5.63. The molecule has 0 heterocycles. The molecule has 15 heavy (non-hydrogen) atoms. The van der Waals surface area contributed by atoms with Gasteiger partial charge in [0.25, 0.3) is 0 Å². The van der Waals surface area contributed by atoms with Gasteiger partial charge in [-0.25, -0.2) is 0 Å². The van der Waals surface area contributed by atoms with Crippen LogP contribution in [-0.4, -0.2) is 13.7 Å². The molecule has 0 aromatic heterocycles. The number of hydrogen-bond acceptors (Lipinski definition) is 2. The van der Waals surface area contributed by atoms with Crippen LogP contribution >= 0.6 is 0 Å². The first-order valence-electron chi connectivity index (χ1n) is 5.06. The predicted molar refractivity (Wildman–Crippen MR) is 62.8 cm³/mol. The largest absolute Gasteiger partial charge is 0.375 e. The van der Waals surface area contributed by atoms with Crippen LogP contribution in [0.2, 0.25) is 0 Å². The van der Waals surface area contributed by atoms with Gasteiger partial charge in [-0.3, -0.25) is 0 Å². The van der Waals surface area contributed by atoms with Crippen molar-refractivity contribution in [2.75, 3.05) is 13.7 Å². The molecule has 0 spiro atoms. The summed E-state index contributed by atoms with van der Waals surface area (Å²) in [6, 6.07) is 14.6. The summed E-state index contributed by atoms with van der Waals surface area (Å²) in [6.45, 7) is 0.509. The van der Waals surface area contributed by atoms with Gasteiger partial charge in [0.1, 0.15) is 0 Å². The van der Waals surface area contributed by atoms with Gasteiger partial charge in [-0.15, -0.1) is 0 Å². The Morgan fingerprint density at radius 3 is 2.53 bits per heavy atom. The second kappa shape index (κ2) is 4.43. The van der Waals surface area contributed by atoms with Crippen LogP contribution in [0.5, 0.6) is 0 Å². The Morgan fingerprint density at radius 2 is 1.87 bits per heavy atom. The average Bonchev–Trinajstić information content (AvgIpc) is 2.30. The molecule has 0 radical (unpaired) electrons. The topological polar surface area (TPSA) is 35.2 Å². The zero-order chi connectivity index (χ0) is 10.7. The Balaban J connectivity index is 2.46. The third kappa shape index (κ3) is 2.01. The Kier molecular flexibility index (Phi) is 2.99. The molecule has 2 nitrogen and oxygen atoms in total. The van der Waals surface area contributed by atoms with Crippen LogP contribution in [0.4, 0.5) is 0 Å². The van der Waals surface area contributed by atoms with Crippen molar-refractivity contribution in [3.05, 3.63) is 48.0 Å². The number of benzene rings is 2. The minimum absolute atomic E-state index is 0.00499. The molecule has 0 amide bonds. The van der Waals surface area contributed by atoms with Gasteiger partial charge in [0.05, 0.1) is 6.10 Å². The summed E-state index contributed by atoms with van der Waals surface area (Å²) in [5.74, 6) is 0. The zero-order valence-electron chi connectivity index (χ0n) is 8.81. The fourth-order valence-electron chi connectivity index (χ4n) is 1.78. The van der Waals surface area contributed by atoms with Gasteiger partial charge < -0.3 is 10.5 Å². The molecule has 0 aliphatic carbocycles. The van der Waals surface area contributed by atoms with E-state index in [-0.39, 0.29) is 6.10 Å². The molecule has 0 aliphatic rings. The van der Waals surface area contributed by atoms with Gasteiger partial charge in [-0.05, 0) is 22.4 Å². The van der Waals surface area contributed by atoms with Crippen LogP contribution < -0.4 is 5.73 Å². The molecule has 2 rings (SSSR count). The van der Waals surface area contributed by atoms with Gasteiger partial charge in [0, 0.05) is 13.7 Å². The summed E-state index contributed by atoms with van der Waals surface area (Å²) in [7, 11) is 1.69. The summed E-state index contributed by atoms with van der Waals surface area (Å²) in [4.78, 5) is 0. The summed E-state index contributed by atoms with van der Waals surface area (Å²) in [5, 5.41) is 2.47. The van der Waals surface area contributed by atoms with Crippen LogP contribution in [0, 0.1) is 0 Å². The molecule has 0 aliphatic heterocycles. The van der Waals surface area contributed by atoms with E-state index in [4.69, 9.17) is 10.5 Å². The standard InChI is InChI=1S/C13H15NO/c1-15-13(9-14)12-7-6-10-4-2-3-5-11(10)8-12/h2-8,13H,9,14H2,1H3. The summed E-state index contributed by atoms with van der Waals surface area (Å²) in [5.41, 5.74) is 6.77. The lowest BCUT2D eigenvalue weighted by atomic mass is 10.0. The molecule has 2 aromatic carbocycles. The van der Waals surface area contributed by atoms with Gasteiger partial charge in [-0.2, -0.15) is 0 Å². The van der Waals surface area contributed by atoms with Crippen molar-refractivity contribution in [3.8, 4) is 0 Å². The third-order valence-electron chi connectivity index (χ3n) is 2.64. The Bertz CT molecular complexity index is 449. The summed E-state index contributed by atoms with van der Waals surface area (Å²) in [6.07, 6.45) is -0.00499. The Hall–Kier alpha value is -1.38. The highest BCUT2D eigenvalue weighted by Gasteiger charge is 2.07. The third-order valence-corrected chi connectivity index (χ3v) is 2.64. The van der Waals surface area contributed by atoms with Crippen LogP contribution in [0.3, 0.4) is 0 Å². The van der Waals surface area contributed by atoms with Gasteiger partial charge in [-0.1, -0.05) is 36.4 Å². The predicted octanol–water partition coefficient (Wildman–Crippen LogP) is 2.49. The summed E-state index contributed by atoms with van der Waals surface area (Å²) >= 11 is 0. The minimum atomic E-state index is -0.00499. The normalized spacial score (nSPS) is 12.9. The van der Waals surface area contributed by atoms with Gasteiger partial charge >= 0.3 is 0 Å². The van der Waals surface area contributed by atoms with Crippen LogP contribution in [0.15, 0.2) is 42.5 Å². The second-order valence-electron chi connectivity index (χ2n) is 3.57. The average molecular weight is 201 g/mol. The quantitative estimate of drug-likeness (QED) is 0.828. The molecule has 0 saturated carbocycles. The maximum Gasteiger partial charge on any atom is 0.0943 e. The van der Waals surface area contributed by atoms with Crippen molar-refractivity contribution in [1.82, 2.24) is 0 Å². The number of ether oxygens (including phenoxy) is 1. The number of rotatable bonds is 3. The van der Waals surface area contributed by atoms with E-state index in [1.165, 1.54) is 10.8 Å². The number of fused-ring (bicyclic) bond motifs is 1. The molecule has 1 unspecified atom stereocenters. The summed E-state index contributed by atoms with van der Waals surface area (Å²) < 4.78 is 5.31. The Labute approximate surface area is 89.7 Å². The molecule has 0 fully saturated rings. The highest BCUT2D eigenvalue weighted by atomic mass is 16.5. The first-order chi connectivity index (χ1) is 7.35. The molecule has 78 valence electrons.